The predicted molar refractivity (Wildman–Crippen MR) is 61.5 cm³/mol. The van der Waals surface area contributed by atoms with Crippen LogP contribution in [0.1, 0.15) is 23.7 Å². The summed E-state index contributed by atoms with van der Waals surface area (Å²) in [5.74, 6) is -1.06. The first-order valence-electron chi connectivity index (χ1n) is 5.07. The Morgan fingerprint density at radius 1 is 1.44 bits per heavy atom. The highest BCUT2D eigenvalue weighted by atomic mass is 16.3. The summed E-state index contributed by atoms with van der Waals surface area (Å²) in [4.78, 5) is 11.6. The minimum atomic E-state index is -0.391. The minimum absolute atomic E-state index is 0.0838. The number of hydrogen-bond acceptors (Lipinski definition) is 3. The van der Waals surface area contributed by atoms with Crippen molar-refractivity contribution in [1.29, 1.82) is 0 Å². The lowest BCUT2D eigenvalue weighted by molar-refractivity contribution is 0.0951. The Morgan fingerprint density at radius 3 is 2.88 bits per heavy atom. The van der Waals surface area contributed by atoms with Gasteiger partial charge in [0.15, 0.2) is 11.5 Å². The highest BCUT2D eigenvalue weighted by molar-refractivity contribution is 5.97. The van der Waals surface area contributed by atoms with Crippen LogP contribution >= 0.6 is 0 Å². The second-order valence-corrected chi connectivity index (χ2v) is 3.29. The molecule has 1 amide bonds. The molecule has 0 saturated heterocycles. The molecular formula is C12H15NO3. The number of phenolic OH excluding ortho intramolecular Hbond substituents is 2. The monoisotopic (exact) mass is 221 g/mol. The van der Waals surface area contributed by atoms with E-state index in [1.807, 2.05) is 19.1 Å². The van der Waals surface area contributed by atoms with Gasteiger partial charge in [-0.15, -0.1) is 0 Å². The van der Waals surface area contributed by atoms with Crippen molar-refractivity contribution >= 4 is 5.91 Å². The summed E-state index contributed by atoms with van der Waals surface area (Å²) in [6, 6.07) is 4.29. The van der Waals surface area contributed by atoms with Gasteiger partial charge in [-0.25, -0.2) is 0 Å². The second kappa shape index (κ2) is 5.80. The lowest BCUT2D eigenvalue weighted by Gasteiger charge is -2.06. The second-order valence-electron chi connectivity index (χ2n) is 3.29. The molecule has 0 fully saturated rings. The number of nitrogens with one attached hydrogen (secondary N) is 1. The van der Waals surface area contributed by atoms with Crippen LogP contribution in [-0.2, 0) is 0 Å². The third kappa shape index (κ3) is 3.02. The molecule has 0 aliphatic heterocycles. The summed E-state index contributed by atoms with van der Waals surface area (Å²) in [5.41, 5.74) is 0.0838. The molecule has 0 spiro atoms. The summed E-state index contributed by atoms with van der Waals surface area (Å²) in [7, 11) is 0. The number of amides is 1. The van der Waals surface area contributed by atoms with Crippen LogP contribution in [0.5, 0.6) is 11.5 Å². The summed E-state index contributed by atoms with van der Waals surface area (Å²) in [5, 5.41) is 21.3. The molecular weight excluding hydrogens is 206 g/mol. The molecule has 1 aromatic rings. The summed E-state index contributed by atoms with van der Waals surface area (Å²) < 4.78 is 0. The maximum absolute atomic E-state index is 11.6. The van der Waals surface area contributed by atoms with Gasteiger partial charge in [-0.3, -0.25) is 4.79 Å². The quantitative estimate of drug-likeness (QED) is 0.412. The van der Waals surface area contributed by atoms with Crippen LogP contribution in [-0.4, -0.2) is 22.7 Å². The van der Waals surface area contributed by atoms with Crippen molar-refractivity contribution in [2.45, 2.75) is 13.3 Å². The molecule has 0 heterocycles. The van der Waals surface area contributed by atoms with Crippen LogP contribution in [0, 0.1) is 0 Å². The third-order valence-electron chi connectivity index (χ3n) is 2.09. The highest BCUT2D eigenvalue weighted by Crippen LogP contribution is 2.27. The number of carbonyl (C=O) groups excluding carboxylic acids is 1. The molecule has 4 heteroatoms. The van der Waals surface area contributed by atoms with Crippen LogP contribution in [0.25, 0.3) is 0 Å². The zero-order valence-corrected chi connectivity index (χ0v) is 9.10. The van der Waals surface area contributed by atoms with Gasteiger partial charge in [-0.2, -0.15) is 0 Å². The fourth-order valence-corrected chi connectivity index (χ4v) is 1.25. The molecule has 0 aromatic heterocycles. The Balaban J connectivity index is 2.63. The molecule has 0 unspecified atom stereocenters. The fourth-order valence-electron chi connectivity index (χ4n) is 1.25. The number of rotatable bonds is 4. The van der Waals surface area contributed by atoms with Gasteiger partial charge in [0, 0.05) is 6.54 Å². The number of para-hydroxylation sites is 1. The summed E-state index contributed by atoms with van der Waals surface area (Å²) in [6.45, 7) is 2.40. The average Bonchev–Trinajstić information content (AvgIpc) is 2.28. The van der Waals surface area contributed by atoms with Crippen molar-refractivity contribution in [1.82, 2.24) is 5.32 Å². The minimum Gasteiger partial charge on any atom is -0.504 e. The molecule has 1 aromatic carbocycles. The summed E-state index contributed by atoms with van der Waals surface area (Å²) >= 11 is 0. The van der Waals surface area contributed by atoms with E-state index in [0.29, 0.717) is 6.54 Å². The Bertz CT molecular complexity index is 399. The highest BCUT2D eigenvalue weighted by Gasteiger charge is 2.12. The van der Waals surface area contributed by atoms with Crippen LogP contribution in [0.3, 0.4) is 0 Å². The maximum atomic E-state index is 11.6. The van der Waals surface area contributed by atoms with Gasteiger partial charge in [-0.1, -0.05) is 18.2 Å². The molecule has 1 rings (SSSR count). The van der Waals surface area contributed by atoms with E-state index in [1.165, 1.54) is 18.2 Å². The first-order chi connectivity index (χ1) is 7.66. The largest absolute Gasteiger partial charge is 0.504 e. The zero-order chi connectivity index (χ0) is 12.0. The van der Waals surface area contributed by atoms with Crippen molar-refractivity contribution in [3.05, 3.63) is 35.9 Å². The first kappa shape index (κ1) is 12.1. The number of phenols is 2. The molecule has 0 atom stereocenters. The average molecular weight is 221 g/mol. The molecule has 4 nitrogen and oxygen atoms in total. The maximum Gasteiger partial charge on any atom is 0.255 e. The van der Waals surface area contributed by atoms with Crippen molar-refractivity contribution in [2.75, 3.05) is 6.54 Å². The van der Waals surface area contributed by atoms with Crippen molar-refractivity contribution < 1.29 is 15.0 Å². The van der Waals surface area contributed by atoms with Gasteiger partial charge in [0.2, 0.25) is 0 Å². The molecule has 0 aliphatic rings. The number of allylic oxidation sites excluding steroid dienone is 1. The van der Waals surface area contributed by atoms with Crippen LogP contribution in [0.2, 0.25) is 0 Å². The normalized spacial score (nSPS) is 10.6. The Labute approximate surface area is 94.2 Å². The summed E-state index contributed by atoms with van der Waals surface area (Å²) in [6.07, 6.45) is 4.57. The molecule has 0 aliphatic carbocycles. The van der Waals surface area contributed by atoms with E-state index >= 15 is 0 Å². The fraction of sp³-hybridized carbons (Fsp3) is 0.250. The topological polar surface area (TPSA) is 69.6 Å². The zero-order valence-electron chi connectivity index (χ0n) is 9.10. The SMILES string of the molecule is C/C=C/CCNC(=O)c1cccc(O)c1O. The standard InChI is InChI=1S/C12H15NO3/c1-2-3-4-8-13-12(16)9-6-5-7-10(14)11(9)15/h2-3,5-7,14-15H,4,8H2,1H3,(H,13,16)/b3-2+. The van der Waals surface area contributed by atoms with E-state index in [9.17, 15) is 15.0 Å². The van der Waals surface area contributed by atoms with Crippen molar-refractivity contribution in [3.63, 3.8) is 0 Å². The smallest absolute Gasteiger partial charge is 0.255 e. The number of hydrogen-bond donors (Lipinski definition) is 3. The number of benzene rings is 1. The molecule has 0 radical (unpaired) electrons. The van der Waals surface area contributed by atoms with E-state index in [1.54, 1.807) is 0 Å². The van der Waals surface area contributed by atoms with Crippen molar-refractivity contribution in [3.8, 4) is 11.5 Å². The van der Waals surface area contributed by atoms with Gasteiger partial charge < -0.3 is 15.5 Å². The van der Waals surface area contributed by atoms with Crippen molar-refractivity contribution in [2.24, 2.45) is 0 Å². The van der Waals surface area contributed by atoms with E-state index in [-0.39, 0.29) is 17.1 Å². The van der Waals surface area contributed by atoms with Crippen LogP contribution in [0.15, 0.2) is 30.4 Å². The molecule has 0 saturated carbocycles. The lowest BCUT2D eigenvalue weighted by Crippen LogP contribution is -2.24. The van der Waals surface area contributed by atoms with Gasteiger partial charge >= 0.3 is 0 Å². The van der Waals surface area contributed by atoms with E-state index in [2.05, 4.69) is 5.32 Å². The van der Waals surface area contributed by atoms with E-state index in [0.717, 1.165) is 6.42 Å². The Kier molecular flexibility index (Phi) is 4.39. The molecule has 0 bridgehead atoms. The third-order valence-corrected chi connectivity index (χ3v) is 2.09. The van der Waals surface area contributed by atoms with Gasteiger partial charge in [-0.05, 0) is 25.5 Å². The Morgan fingerprint density at radius 2 is 2.19 bits per heavy atom. The number of carbonyl (C=O) groups is 1. The van der Waals surface area contributed by atoms with Gasteiger partial charge in [0.1, 0.15) is 0 Å². The first-order valence-corrected chi connectivity index (χ1v) is 5.07. The van der Waals surface area contributed by atoms with Crippen LogP contribution < -0.4 is 5.32 Å². The predicted octanol–water partition coefficient (Wildman–Crippen LogP) is 1.79. The van der Waals surface area contributed by atoms with Crippen LogP contribution in [0.4, 0.5) is 0 Å². The molecule has 86 valence electrons. The number of aromatic hydroxyl groups is 2. The van der Waals surface area contributed by atoms with Gasteiger partial charge in [0.25, 0.3) is 5.91 Å². The van der Waals surface area contributed by atoms with E-state index < -0.39 is 5.91 Å². The molecule has 16 heavy (non-hydrogen) atoms. The van der Waals surface area contributed by atoms with Gasteiger partial charge in [0.05, 0.1) is 5.56 Å². The lowest BCUT2D eigenvalue weighted by atomic mass is 10.1. The Hall–Kier alpha value is -1.97. The van der Waals surface area contributed by atoms with E-state index in [4.69, 9.17) is 0 Å². The molecule has 3 N–H and O–H groups in total.